The van der Waals surface area contributed by atoms with Crippen LogP contribution in [0.4, 0.5) is 0 Å². The van der Waals surface area contributed by atoms with Crippen LogP contribution in [0.2, 0.25) is 0 Å². The third-order valence-electron chi connectivity index (χ3n) is 6.76. The average Bonchev–Trinajstić information content (AvgIpc) is 3.16. The van der Waals surface area contributed by atoms with Gasteiger partial charge in [-0.3, -0.25) is 9.28 Å². The summed E-state index contributed by atoms with van der Waals surface area (Å²) in [7, 11) is 0. The Morgan fingerprint density at radius 2 is 1.48 bits per heavy atom. The maximum atomic E-state index is 11.2. The van der Waals surface area contributed by atoms with Crippen molar-refractivity contribution < 1.29 is 9.28 Å². The molecule has 0 saturated carbocycles. The molecule has 0 aromatic carbocycles. The molecule has 0 saturated heterocycles. The van der Waals surface area contributed by atoms with Crippen molar-refractivity contribution in [3.63, 3.8) is 0 Å². The van der Waals surface area contributed by atoms with Gasteiger partial charge in [0.2, 0.25) is 5.91 Å². The monoisotopic (exact) mass is 434 g/mol. The number of rotatable bonds is 20. The fourth-order valence-electron chi connectivity index (χ4n) is 4.63. The van der Waals surface area contributed by atoms with Crippen molar-refractivity contribution in [3.05, 3.63) is 24.6 Å². The summed E-state index contributed by atoms with van der Waals surface area (Å²) in [5.74, 6) is 0.0650. The summed E-state index contributed by atoms with van der Waals surface area (Å²) in [6.45, 7) is 8.91. The highest BCUT2D eigenvalue weighted by Crippen LogP contribution is 2.23. The predicted octanol–water partition coefficient (Wildman–Crippen LogP) is 6.79. The van der Waals surface area contributed by atoms with Gasteiger partial charge in [-0.25, -0.2) is 0 Å². The summed E-state index contributed by atoms with van der Waals surface area (Å²) in [6.07, 6.45) is 29.9. The number of amides is 1. The molecule has 4 heteroatoms. The maximum Gasteiger partial charge on any atom is 0.217 e. The standard InChI is InChI=1S/C27H51N3O/c1-4-6-7-8-9-10-11-12-13-14-15-16-17-18-19-20-21-27-29-23-25-30(27,5-2)24-22-28-26(3)31/h12-13,23,25,27,29H,4-11,14-22,24H2,1-3H3/p+1/b13-12+. The number of hydrogen-bond acceptors (Lipinski definition) is 2. The van der Waals surface area contributed by atoms with Crippen LogP contribution in [0.5, 0.6) is 0 Å². The van der Waals surface area contributed by atoms with Gasteiger partial charge in [-0.05, 0) is 39.0 Å². The second-order valence-electron chi connectivity index (χ2n) is 9.35. The molecule has 0 fully saturated rings. The van der Waals surface area contributed by atoms with Crippen LogP contribution in [0.1, 0.15) is 117 Å². The van der Waals surface area contributed by atoms with E-state index >= 15 is 0 Å². The molecule has 0 aliphatic carbocycles. The molecule has 1 aliphatic heterocycles. The Hall–Kier alpha value is -1.29. The topological polar surface area (TPSA) is 41.1 Å². The molecule has 2 atom stereocenters. The molecule has 1 amide bonds. The Bertz CT molecular complexity index is 503. The Morgan fingerprint density at radius 1 is 0.903 bits per heavy atom. The second-order valence-corrected chi connectivity index (χ2v) is 9.35. The summed E-state index contributed by atoms with van der Waals surface area (Å²) in [5, 5.41) is 6.52. The largest absolute Gasteiger partial charge is 0.351 e. The van der Waals surface area contributed by atoms with Gasteiger partial charge in [0.25, 0.3) is 0 Å². The van der Waals surface area contributed by atoms with Crippen molar-refractivity contribution in [2.75, 3.05) is 19.6 Å². The first kappa shape index (κ1) is 27.7. The van der Waals surface area contributed by atoms with Gasteiger partial charge in [-0.1, -0.05) is 76.9 Å². The fourth-order valence-corrected chi connectivity index (χ4v) is 4.63. The summed E-state index contributed by atoms with van der Waals surface area (Å²) >= 11 is 0. The molecular formula is C27H52N3O+. The summed E-state index contributed by atoms with van der Waals surface area (Å²) in [4.78, 5) is 11.2. The summed E-state index contributed by atoms with van der Waals surface area (Å²) < 4.78 is 0.950. The number of nitrogens with zero attached hydrogens (tertiary/aromatic N) is 1. The van der Waals surface area contributed by atoms with Crippen LogP contribution >= 0.6 is 0 Å². The van der Waals surface area contributed by atoms with Gasteiger partial charge >= 0.3 is 0 Å². The smallest absolute Gasteiger partial charge is 0.217 e. The molecule has 0 aromatic heterocycles. The molecule has 0 bridgehead atoms. The molecule has 1 rings (SSSR count). The van der Waals surface area contributed by atoms with E-state index in [9.17, 15) is 4.79 Å². The van der Waals surface area contributed by atoms with E-state index in [-0.39, 0.29) is 5.91 Å². The second kappa shape index (κ2) is 18.3. The van der Waals surface area contributed by atoms with E-state index in [0.717, 1.165) is 24.1 Å². The highest BCUT2D eigenvalue weighted by atomic mass is 16.1. The minimum Gasteiger partial charge on any atom is -0.351 e. The number of carbonyl (C=O) groups is 1. The number of likely N-dealkylation sites (N-methyl/N-ethyl adjacent to an activating group) is 1. The van der Waals surface area contributed by atoms with Gasteiger partial charge in [-0.15, -0.1) is 0 Å². The molecule has 1 aliphatic rings. The normalized spacial score (nSPS) is 20.4. The van der Waals surface area contributed by atoms with Crippen molar-refractivity contribution in [1.82, 2.24) is 10.6 Å². The van der Waals surface area contributed by atoms with Gasteiger partial charge in [-0.2, -0.15) is 0 Å². The Balaban J connectivity index is 1.98. The number of nitrogens with one attached hydrogen (secondary N) is 2. The molecule has 1 heterocycles. The Kier molecular flexibility index (Phi) is 16.4. The highest BCUT2D eigenvalue weighted by molar-refractivity contribution is 5.72. The van der Waals surface area contributed by atoms with Gasteiger partial charge < -0.3 is 10.6 Å². The van der Waals surface area contributed by atoms with Gasteiger partial charge in [0, 0.05) is 13.3 Å². The fraction of sp³-hybridized carbons (Fsp3) is 0.815. The zero-order valence-electron chi connectivity index (χ0n) is 21.0. The van der Waals surface area contributed by atoms with Crippen molar-refractivity contribution in [2.24, 2.45) is 0 Å². The lowest BCUT2D eigenvalue weighted by molar-refractivity contribution is -0.898. The Morgan fingerprint density at radius 3 is 2.06 bits per heavy atom. The predicted molar refractivity (Wildman–Crippen MR) is 134 cm³/mol. The average molecular weight is 435 g/mol. The van der Waals surface area contributed by atoms with Crippen molar-refractivity contribution >= 4 is 5.91 Å². The van der Waals surface area contributed by atoms with Crippen LogP contribution in [0.15, 0.2) is 24.6 Å². The van der Waals surface area contributed by atoms with E-state index in [0.29, 0.717) is 6.17 Å². The molecular weight excluding hydrogens is 382 g/mol. The maximum absolute atomic E-state index is 11.2. The highest BCUT2D eigenvalue weighted by Gasteiger charge is 2.36. The van der Waals surface area contributed by atoms with Crippen LogP contribution in [0, 0.1) is 0 Å². The first-order valence-corrected chi connectivity index (χ1v) is 13.3. The van der Waals surface area contributed by atoms with Crippen LogP contribution in [-0.2, 0) is 4.79 Å². The van der Waals surface area contributed by atoms with Crippen LogP contribution in [0.25, 0.3) is 0 Å². The lowest BCUT2D eigenvalue weighted by Crippen LogP contribution is -2.55. The van der Waals surface area contributed by atoms with E-state index < -0.39 is 0 Å². The quantitative estimate of drug-likeness (QED) is 0.126. The Labute approximate surface area is 193 Å². The molecule has 0 radical (unpaired) electrons. The number of unbranched alkanes of at least 4 members (excludes halogenated alkanes) is 12. The lowest BCUT2D eigenvalue weighted by Gasteiger charge is -2.37. The molecule has 2 unspecified atom stereocenters. The van der Waals surface area contributed by atoms with Crippen LogP contribution in [0.3, 0.4) is 0 Å². The minimum absolute atomic E-state index is 0.0650. The zero-order chi connectivity index (χ0) is 22.6. The lowest BCUT2D eigenvalue weighted by atomic mass is 10.1. The van der Waals surface area contributed by atoms with E-state index in [4.69, 9.17) is 0 Å². The third kappa shape index (κ3) is 13.0. The van der Waals surface area contributed by atoms with E-state index in [1.807, 2.05) is 0 Å². The first-order chi connectivity index (χ1) is 15.1. The molecule has 0 aromatic rings. The first-order valence-electron chi connectivity index (χ1n) is 13.3. The number of hydrogen-bond donors (Lipinski definition) is 2. The molecule has 31 heavy (non-hydrogen) atoms. The SMILES string of the molecule is CCCCCCCC/C=C/CCCCCCCCC1NC=C[N+]1(CC)CCNC(C)=O. The molecule has 2 N–H and O–H groups in total. The summed E-state index contributed by atoms with van der Waals surface area (Å²) in [6, 6.07) is 0. The summed E-state index contributed by atoms with van der Waals surface area (Å²) in [5.41, 5.74) is 0. The van der Waals surface area contributed by atoms with Crippen molar-refractivity contribution in [1.29, 1.82) is 0 Å². The van der Waals surface area contributed by atoms with E-state index in [1.54, 1.807) is 6.92 Å². The van der Waals surface area contributed by atoms with Crippen molar-refractivity contribution in [2.45, 2.75) is 123 Å². The molecule has 180 valence electrons. The van der Waals surface area contributed by atoms with E-state index in [1.165, 1.54) is 96.3 Å². The van der Waals surface area contributed by atoms with Crippen LogP contribution < -0.4 is 10.6 Å². The number of carbonyl (C=O) groups excluding carboxylic acids is 1. The van der Waals surface area contributed by atoms with Gasteiger partial charge in [0.1, 0.15) is 12.7 Å². The van der Waals surface area contributed by atoms with Crippen LogP contribution in [-0.4, -0.2) is 36.2 Å². The number of quaternary nitrogens is 1. The molecule has 0 spiro atoms. The molecule has 4 nitrogen and oxygen atoms in total. The van der Waals surface area contributed by atoms with Gasteiger partial charge in [0.15, 0.2) is 6.17 Å². The zero-order valence-corrected chi connectivity index (χ0v) is 21.0. The number of allylic oxidation sites excluding steroid dienone is 2. The third-order valence-corrected chi connectivity index (χ3v) is 6.76. The van der Waals surface area contributed by atoms with Gasteiger partial charge in [0.05, 0.1) is 19.3 Å². The minimum atomic E-state index is 0.0650. The van der Waals surface area contributed by atoms with E-state index in [2.05, 4.69) is 49.0 Å². The van der Waals surface area contributed by atoms with Crippen molar-refractivity contribution in [3.8, 4) is 0 Å².